The smallest absolute Gasteiger partial charge is 0.437 e. The fraction of sp³-hybridized carbons (Fsp3) is 0. The maximum absolute atomic E-state index is 9.88. The van der Waals surface area contributed by atoms with Gasteiger partial charge in [-0.3, -0.25) is 0 Å². The third-order valence-corrected chi connectivity index (χ3v) is 13.7. The molecule has 1 aliphatic rings. The van der Waals surface area contributed by atoms with Gasteiger partial charge in [0.15, 0.2) is 0 Å². The van der Waals surface area contributed by atoms with E-state index >= 15 is 0 Å². The van der Waals surface area contributed by atoms with Crippen molar-refractivity contribution in [2.45, 2.75) is 0 Å². The van der Waals surface area contributed by atoms with E-state index in [4.69, 9.17) is 36.2 Å². The molecule has 0 aromatic heterocycles. The Morgan fingerprint density at radius 1 is 0.409 bits per heavy atom. The summed E-state index contributed by atoms with van der Waals surface area (Å²) < 4.78 is 47.3. The molecule has 1 atom stereocenters. The van der Waals surface area contributed by atoms with Crippen molar-refractivity contribution in [1.82, 2.24) is 0 Å². The van der Waals surface area contributed by atoms with Gasteiger partial charge in [0.1, 0.15) is 28.7 Å². The summed E-state index contributed by atoms with van der Waals surface area (Å²) in [5.41, 5.74) is 9.88. The predicted octanol–water partition coefficient (Wildman–Crippen LogP) is 11.5. The van der Waals surface area contributed by atoms with Gasteiger partial charge in [-0.05, 0) is 66.2 Å². The highest BCUT2D eigenvalue weighted by Crippen LogP contribution is 2.79. The number of benzene rings is 5. The van der Waals surface area contributed by atoms with Crippen molar-refractivity contribution >= 4 is 22.9 Å². The first-order chi connectivity index (χ1) is 21.6. The second kappa shape index (κ2) is 13.2. The molecule has 1 unspecified atom stereocenters. The summed E-state index contributed by atoms with van der Waals surface area (Å²) in [5, 5.41) is 0. The van der Waals surface area contributed by atoms with Gasteiger partial charge in [0.05, 0.1) is 0 Å². The zero-order chi connectivity index (χ0) is 30.1. The lowest BCUT2D eigenvalue weighted by Crippen LogP contribution is -2.08. The summed E-state index contributed by atoms with van der Waals surface area (Å²) in [6, 6.07) is 44.6. The third-order valence-electron chi connectivity index (χ3n) is 5.68. The van der Waals surface area contributed by atoms with Crippen LogP contribution in [0.5, 0.6) is 28.7 Å². The van der Waals surface area contributed by atoms with Gasteiger partial charge in [-0.15, -0.1) is 9.03 Å². The van der Waals surface area contributed by atoms with Crippen molar-refractivity contribution in [2.24, 2.45) is 18.4 Å². The van der Waals surface area contributed by atoms with Crippen LogP contribution in [0.25, 0.3) is 10.4 Å². The molecule has 0 bridgehead atoms. The highest BCUT2D eigenvalue weighted by atomic mass is 31.3. The Morgan fingerprint density at radius 2 is 0.705 bits per heavy atom. The fourth-order valence-corrected chi connectivity index (χ4v) is 12.8. The molecule has 6 rings (SSSR count). The molecule has 0 amide bonds. The van der Waals surface area contributed by atoms with Crippen molar-refractivity contribution in [3.05, 3.63) is 162 Å². The lowest BCUT2D eigenvalue weighted by atomic mass is 10.3. The van der Waals surface area contributed by atoms with Crippen LogP contribution in [0.1, 0.15) is 0 Å². The van der Waals surface area contributed by atoms with Gasteiger partial charge in [-0.1, -0.05) is 95.5 Å². The molecule has 5 aromatic carbocycles. The zero-order valence-corrected chi connectivity index (χ0v) is 25.7. The molecule has 0 N–H and O–H groups in total. The van der Waals surface area contributed by atoms with Crippen LogP contribution >= 0.6 is 22.9 Å². The molecule has 1 aliphatic heterocycles. The molecular weight excluding hydrogens is 617 g/mol. The Bertz CT molecular complexity index is 1750. The Balaban J connectivity index is 1.67. The van der Waals surface area contributed by atoms with Crippen LogP contribution in [-0.2, 0) is 0 Å². The van der Waals surface area contributed by atoms with E-state index in [2.05, 4.69) is 9.80 Å². The van der Waals surface area contributed by atoms with Gasteiger partial charge in [0.2, 0.25) is 0 Å². The standard InChI is InChI=1S/C30H25N6O5P3/c31-32-33-42(37-26-16-6-1-7-17-26)34-43(38-27-18-8-2-9-19-27,39-28-20-10-3-11-21-28)36-44(35-42,40-29-22-12-4-13-23-29)41-30-24-14-5-15-25-30/h1-25H. The van der Waals surface area contributed by atoms with Crippen LogP contribution in [0.3, 0.4) is 0 Å². The van der Waals surface area contributed by atoms with Crippen LogP contribution in [0.2, 0.25) is 0 Å². The van der Waals surface area contributed by atoms with E-state index in [0.29, 0.717) is 28.7 Å². The molecule has 1 heterocycles. The first-order valence-corrected chi connectivity index (χ1v) is 17.9. The van der Waals surface area contributed by atoms with E-state index in [1.165, 1.54) is 0 Å². The molecule has 0 aliphatic carbocycles. The number of nitrogens with zero attached hydrogens (tertiary/aromatic N) is 6. The second-order valence-corrected chi connectivity index (χ2v) is 15.2. The summed E-state index contributed by atoms with van der Waals surface area (Å²) in [6.45, 7) is 0. The largest absolute Gasteiger partial charge is 0.458 e. The quantitative estimate of drug-likeness (QED) is 0.0612. The average Bonchev–Trinajstić information content (AvgIpc) is 3.03. The number of hydrogen-bond donors (Lipinski definition) is 0. The van der Waals surface area contributed by atoms with E-state index in [1.54, 1.807) is 72.8 Å². The molecule has 0 radical (unpaired) electrons. The predicted molar refractivity (Wildman–Crippen MR) is 173 cm³/mol. The zero-order valence-electron chi connectivity index (χ0n) is 23.0. The molecular formula is C30H25N6O5P3. The van der Waals surface area contributed by atoms with E-state index in [1.807, 2.05) is 78.9 Å². The minimum atomic E-state index is -3.94. The molecule has 220 valence electrons. The van der Waals surface area contributed by atoms with Crippen LogP contribution in [0.15, 0.2) is 170 Å². The maximum atomic E-state index is 9.88. The van der Waals surface area contributed by atoms with Crippen molar-refractivity contribution in [3.63, 3.8) is 0 Å². The van der Waals surface area contributed by atoms with E-state index in [-0.39, 0.29) is 0 Å². The number of para-hydroxylation sites is 5. The maximum Gasteiger partial charge on any atom is 0.458 e. The Kier molecular flexibility index (Phi) is 8.74. The topological polar surface area (TPSA) is 132 Å². The molecule has 0 fully saturated rings. The Labute approximate surface area is 254 Å². The van der Waals surface area contributed by atoms with Gasteiger partial charge >= 0.3 is 22.9 Å². The lowest BCUT2D eigenvalue weighted by molar-refractivity contribution is 0.457. The van der Waals surface area contributed by atoms with Crippen LogP contribution in [-0.4, -0.2) is 0 Å². The molecule has 14 heteroatoms. The van der Waals surface area contributed by atoms with Gasteiger partial charge in [0, 0.05) is 9.80 Å². The summed E-state index contributed by atoms with van der Waals surface area (Å²) in [7, 11) is -11.7. The lowest BCUT2D eigenvalue weighted by Gasteiger charge is -2.32. The summed E-state index contributed by atoms with van der Waals surface area (Å²) >= 11 is 0. The molecule has 0 saturated carbocycles. The summed E-state index contributed by atoms with van der Waals surface area (Å²) in [4.78, 5) is 7.20. The highest BCUT2D eigenvalue weighted by Gasteiger charge is 2.46. The molecule has 5 aromatic rings. The van der Waals surface area contributed by atoms with Gasteiger partial charge < -0.3 is 22.6 Å². The van der Waals surface area contributed by atoms with Crippen molar-refractivity contribution in [3.8, 4) is 28.7 Å². The molecule has 0 saturated heterocycles. The van der Waals surface area contributed by atoms with E-state index in [9.17, 15) is 5.53 Å². The highest BCUT2D eigenvalue weighted by molar-refractivity contribution is 7.80. The van der Waals surface area contributed by atoms with Crippen molar-refractivity contribution in [2.75, 3.05) is 0 Å². The normalized spacial score (nSPS) is 17.6. The SMILES string of the molecule is [N-]=[N+]=NP1(Oc2ccccc2)=NP(Oc2ccccc2)(Oc2ccccc2)=NP(Oc2ccccc2)(Oc2ccccc2)=N1. The first-order valence-electron chi connectivity index (χ1n) is 13.3. The summed E-state index contributed by atoms with van der Waals surface area (Å²) in [5.74, 6) is 1.98. The Hall–Kier alpha value is -4.90. The van der Waals surface area contributed by atoms with Crippen LogP contribution < -0.4 is 22.6 Å². The van der Waals surface area contributed by atoms with Gasteiger partial charge in [-0.2, -0.15) is 0 Å². The fourth-order valence-electron chi connectivity index (χ4n) is 3.91. The number of hydrogen-bond acceptors (Lipinski definition) is 9. The second-order valence-electron chi connectivity index (χ2n) is 8.96. The summed E-state index contributed by atoms with van der Waals surface area (Å²) in [6.07, 6.45) is 0. The molecule has 44 heavy (non-hydrogen) atoms. The third kappa shape index (κ3) is 7.17. The average molecular weight is 642 g/mol. The van der Waals surface area contributed by atoms with Gasteiger partial charge in [-0.25, -0.2) is 0 Å². The van der Waals surface area contributed by atoms with Crippen molar-refractivity contribution < 1.29 is 22.6 Å². The minimum absolute atomic E-state index is 0.359. The monoisotopic (exact) mass is 642 g/mol. The number of rotatable bonds is 11. The van der Waals surface area contributed by atoms with Crippen LogP contribution in [0.4, 0.5) is 0 Å². The molecule has 0 spiro atoms. The minimum Gasteiger partial charge on any atom is -0.437 e. The van der Waals surface area contributed by atoms with E-state index in [0.717, 1.165) is 0 Å². The van der Waals surface area contributed by atoms with E-state index < -0.39 is 22.9 Å². The Morgan fingerprint density at radius 3 is 1.02 bits per heavy atom. The van der Waals surface area contributed by atoms with Crippen LogP contribution in [0, 0.1) is 0 Å². The number of azide groups is 1. The first kappa shape index (κ1) is 29.2. The van der Waals surface area contributed by atoms with Gasteiger partial charge in [0.25, 0.3) is 0 Å². The molecule has 11 nitrogen and oxygen atoms in total. The van der Waals surface area contributed by atoms with Crippen molar-refractivity contribution in [1.29, 1.82) is 0 Å².